The molecule has 0 aliphatic carbocycles. The normalized spacial score (nSPS) is 11.3. The number of anilines is 4. The standard InChI is InChI=1S/C15H17NO.C14H18N2S.C12H19NO.C12H19N.C11H16BrN.C11H18N2.C10H15N.3H2/c1-12(2)16-13-8-10-15(11-9-13)17-14-6-4-3-5-7-14;1-11(2)15-9-10-17-14-7-8-16-13-6-4-3-5-12(13)14;1-9(2)13-10(3)11-6-5-7-12(8-11)14-4;1-9(2)11-7-5-6-8-12(11)13-10(3)4;1-8(2)13-9(3)10-4-6-11(12)7-5-10;1-4-6-10-7-5-8-12-11(10)13-9(2)3;1-8(2)11-10-6-4-9(3)5-7-10;;;/h3-12,16H,1-2H3;3-8,11,15H,9-10H2,1-2H3;5-10,13H,1-4H3;5-10,13H,1-4H3;4-9,13H,1-3H3;5,7-9H,4,6H2,1-3H3,(H,12,13);4-8,11H,1-3H3;3*1H/t;;10-;;;;;;;/m..1......./s1. The summed E-state index contributed by atoms with van der Waals surface area (Å²) in [6.45, 7) is 44.2. The van der Waals surface area contributed by atoms with E-state index in [4.69, 9.17) is 9.47 Å². The second kappa shape index (κ2) is 48.4. The van der Waals surface area contributed by atoms with Crippen molar-refractivity contribution in [2.24, 2.45) is 0 Å². The van der Waals surface area contributed by atoms with Crippen molar-refractivity contribution in [3.63, 3.8) is 0 Å². The predicted molar refractivity (Wildman–Crippen MR) is 440 cm³/mol. The Kier molecular flexibility index (Phi) is 41.9. The van der Waals surface area contributed by atoms with Gasteiger partial charge in [0.1, 0.15) is 23.1 Å². The molecule has 2 atom stereocenters. The molecular formula is C85H128BrN9O2S. The quantitative estimate of drug-likeness (QED) is 0.0217. The fourth-order valence-electron chi connectivity index (χ4n) is 9.88. The Bertz CT molecular complexity index is 3510. The van der Waals surface area contributed by atoms with E-state index in [9.17, 15) is 0 Å². The molecule has 0 aliphatic rings. The number of nitrogens with one attached hydrogen (secondary N) is 7. The first-order chi connectivity index (χ1) is 46.8. The van der Waals surface area contributed by atoms with E-state index in [0.717, 1.165) is 57.5 Å². The summed E-state index contributed by atoms with van der Waals surface area (Å²) in [5, 5.41) is 25.1. The first-order valence-corrected chi connectivity index (χ1v) is 37.1. The molecule has 0 spiro atoms. The second-order valence-electron chi connectivity index (χ2n) is 26.7. The van der Waals surface area contributed by atoms with E-state index in [0.29, 0.717) is 60.3 Å². The summed E-state index contributed by atoms with van der Waals surface area (Å²) in [6, 6.07) is 70.2. The lowest BCUT2D eigenvalue weighted by Crippen LogP contribution is -2.25. The van der Waals surface area contributed by atoms with Crippen LogP contribution in [0.15, 0.2) is 216 Å². The number of para-hydroxylation sites is 3. The van der Waals surface area contributed by atoms with E-state index >= 15 is 0 Å². The molecule has 1 unspecified atom stereocenters. The minimum absolute atomic E-state index is 0. The van der Waals surface area contributed by atoms with Crippen LogP contribution in [0, 0.1) is 6.92 Å². The van der Waals surface area contributed by atoms with Crippen molar-refractivity contribution in [3.05, 3.63) is 239 Å². The number of ether oxygens (including phenoxy) is 2. The maximum Gasteiger partial charge on any atom is 0.129 e. The number of rotatable bonds is 25. The van der Waals surface area contributed by atoms with E-state index < -0.39 is 0 Å². The van der Waals surface area contributed by atoms with Gasteiger partial charge in [0.2, 0.25) is 0 Å². The zero-order valence-electron chi connectivity index (χ0n) is 63.2. The minimum atomic E-state index is 0. The molecule has 0 amide bonds. The number of nitrogens with zero attached hydrogens (tertiary/aromatic N) is 2. The summed E-state index contributed by atoms with van der Waals surface area (Å²) in [5.74, 6) is 5.34. The van der Waals surface area contributed by atoms with Crippen molar-refractivity contribution < 1.29 is 13.8 Å². The van der Waals surface area contributed by atoms with Crippen LogP contribution in [0.1, 0.15) is 188 Å². The van der Waals surface area contributed by atoms with Crippen LogP contribution in [0.5, 0.6) is 17.2 Å². The van der Waals surface area contributed by atoms with Crippen LogP contribution < -0.4 is 46.7 Å². The molecule has 9 rings (SSSR count). The first-order valence-electron chi connectivity index (χ1n) is 35.4. The molecule has 0 bridgehead atoms. The van der Waals surface area contributed by atoms with Crippen LogP contribution in [-0.4, -0.2) is 71.7 Å². The maximum atomic E-state index is 5.71. The molecule has 7 N–H and O–H groups in total. The lowest BCUT2D eigenvalue weighted by Gasteiger charge is -2.17. The number of fused-ring (bicyclic) bond motifs is 1. The van der Waals surface area contributed by atoms with Crippen LogP contribution in [0.25, 0.3) is 10.9 Å². The van der Waals surface area contributed by atoms with E-state index in [1.165, 1.54) is 55.9 Å². The topological polar surface area (TPSA) is 128 Å². The third-order valence-corrected chi connectivity index (χ3v) is 15.9. The third-order valence-electron chi connectivity index (χ3n) is 14.3. The van der Waals surface area contributed by atoms with Crippen LogP contribution in [0.2, 0.25) is 0 Å². The first kappa shape index (κ1) is 84.8. The highest BCUT2D eigenvalue weighted by Gasteiger charge is 2.10. The summed E-state index contributed by atoms with van der Waals surface area (Å²) in [7, 11) is 1.69. The number of hydrogen-bond donors (Lipinski definition) is 7. The largest absolute Gasteiger partial charge is 0.497 e. The number of hydrogen-bond acceptors (Lipinski definition) is 12. The summed E-state index contributed by atoms with van der Waals surface area (Å²) in [6.07, 6.45) is 5.99. The molecule has 13 heteroatoms. The third kappa shape index (κ3) is 37.0. The van der Waals surface area contributed by atoms with E-state index in [1.807, 2.05) is 103 Å². The van der Waals surface area contributed by atoms with Gasteiger partial charge in [-0.3, -0.25) is 4.98 Å². The molecule has 2 heterocycles. The second-order valence-corrected chi connectivity index (χ2v) is 28.8. The average Bonchev–Trinajstić information content (AvgIpc) is 0.833. The van der Waals surface area contributed by atoms with Crippen molar-refractivity contribution in [1.29, 1.82) is 0 Å². The van der Waals surface area contributed by atoms with Crippen LogP contribution >= 0.6 is 27.7 Å². The smallest absolute Gasteiger partial charge is 0.129 e. The fourth-order valence-corrected chi connectivity index (χ4v) is 11.1. The van der Waals surface area contributed by atoms with Gasteiger partial charge in [-0.15, -0.1) is 11.8 Å². The van der Waals surface area contributed by atoms with Crippen LogP contribution in [-0.2, 0) is 6.42 Å². The Balaban J connectivity index is 0.00000115. The fraction of sp³-hybridized carbons (Fsp3) is 0.412. The van der Waals surface area contributed by atoms with Crippen molar-refractivity contribution in [1.82, 2.24) is 25.9 Å². The van der Waals surface area contributed by atoms with Crippen molar-refractivity contribution in [3.8, 4) is 17.2 Å². The van der Waals surface area contributed by atoms with Gasteiger partial charge in [0.05, 0.1) is 12.6 Å². The average molecular weight is 1420 g/mol. The molecule has 0 radical (unpaired) electrons. The molecule has 0 aliphatic heterocycles. The minimum Gasteiger partial charge on any atom is -0.497 e. The summed E-state index contributed by atoms with van der Waals surface area (Å²) < 4.78 is 12.0. The van der Waals surface area contributed by atoms with Gasteiger partial charge in [-0.25, -0.2) is 4.98 Å². The molecule has 11 nitrogen and oxygen atoms in total. The zero-order valence-corrected chi connectivity index (χ0v) is 65.6. The number of thioether (sulfide) groups is 1. The number of benzene rings is 7. The molecular weight excluding hydrogens is 1290 g/mol. The summed E-state index contributed by atoms with van der Waals surface area (Å²) >= 11 is 5.31. The van der Waals surface area contributed by atoms with Gasteiger partial charge >= 0.3 is 0 Å². The highest BCUT2D eigenvalue weighted by Crippen LogP contribution is 2.28. The summed E-state index contributed by atoms with van der Waals surface area (Å²) in [5.41, 5.74) is 11.3. The number of aromatic nitrogens is 2. The summed E-state index contributed by atoms with van der Waals surface area (Å²) in [4.78, 5) is 10.0. The number of halogens is 1. The number of aryl methyl sites for hydroxylation is 2. The highest BCUT2D eigenvalue weighted by molar-refractivity contribution is 9.10. The SMILES string of the molecule is CC(C)NC(C)c1ccc(Br)cc1.CC(C)NCCSc1ccnc2ccccc12.CC(C)Nc1ccc(Oc2ccccc2)cc1.CC(C)Nc1ccccc1C(C)C.CCCc1cccnc1NC(C)C.COc1cccc([C@@H](C)NC(C)C)c1.Cc1ccc(NC(C)C)cc1.[HH].[HH].[HH]. The molecule has 7 aromatic carbocycles. The van der Waals surface area contributed by atoms with Gasteiger partial charge in [-0.2, -0.15) is 0 Å². The molecule has 0 saturated carbocycles. The molecule has 0 fully saturated rings. The Hall–Kier alpha value is -7.39. The Morgan fingerprint density at radius 1 is 0.469 bits per heavy atom. The monoisotopic (exact) mass is 1420 g/mol. The molecule has 0 saturated heterocycles. The maximum absolute atomic E-state index is 5.71. The van der Waals surface area contributed by atoms with E-state index in [1.54, 1.807) is 7.11 Å². The van der Waals surface area contributed by atoms with Crippen LogP contribution in [0.3, 0.4) is 0 Å². The molecule has 2 aromatic heterocycles. The Morgan fingerprint density at radius 2 is 1.01 bits per heavy atom. The van der Waals surface area contributed by atoms with Gasteiger partial charge in [0, 0.05) is 115 Å². The van der Waals surface area contributed by atoms with Crippen LogP contribution in [0.4, 0.5) is 22.9 Å². The number of pyridine rings is 2. The lowest BCUT2D eigenvalue weighted by atomic mass is 10.0. The lowest BCUT2D eigenvalue weighted by molar-refractivity contribution is 0.412. The Morgan fingerprint density at radius 3 is 1.57 bits per heavy atom. The van der Waals surface area contributed by atoms with Crippen molar-refractivity contribution >= 4 is 61.5 Å². The highest BCUT2D eigenvalue weighted by atomic mass is 79.9. The van der Waals surface area contributed by atoms with Crippen molar-refractivity contribution in [2.45, 2.75) is 217 Å². The van der Waals surface area contributed by atoms with Gasteiger partial charge in [-0.05, 0) is 208 Å². The van der Waals surface area contributed by atoms with Gasteiger partial charge in [-0.1, -0.05) is 187 Å². The van der Waals surface area contributed by atoms with Crippen molar-refractivity contribution in [2.75, 3.05) is 40.7 Å². The molecule has 538 valence electrons. The van der Waals surface area contributed by atoms with Gasteiger partial charge < -0.3 is 46.7 Å². The number of methoxy groups -OCH3 is 1. The van der Waals surface area contributed by atoms with Gasteiger partial charge in [0.25, 0.3) is 0 Å². The predicted octanol–water partition coefficient (Wildman–Crippen LogP) is 23.9. The zero-order chi connectivity index (χ0) is 72.4. The Labute approximate surface area is 610 Å². The van der Waals surface area contributed by atoms with Gasteiger partial charge in [0.15, 0.2) is 0 Å². The molecule has 9 aromatic rings. The van der Waals surface area contributed by atoms with E-state index in [2.05, 4.69) is 317 Å². The van der Waals surface area contributed by atoms with E-state index in [-0.39, 0.29) is 4.28 Å². The molecule has 98 heavy (non-hydrogen) atoms.